The predicted molar refractivity (Wildman–Crippen MR) is 82.6 cm³/mol. The molecule has 0 aliphatic heterocycles. The second kappa shape index (κ2) is 5.37. The van der Waals surface area contributed by atoms with Gasteiger partial charge < -0.3 is 5.32 Å². The molecule has 0 amide bonds. The van der Waals surface area contributed by atoms with Crippen molar-refractivity contribution in [1.82, 2.24) is 19.6 Å². The molecule has 3 aromatic heterocycles. The lowest BCUT2D eigenvalue weighted by Crippen LogP contribution is -2.14. The Labute approximate surface area is 127 Å². The number of fused-ring (bicyclic) bond motifs is 1. The number of aromatic amines is 1. The molecule has 0 atom stereocenters. The molecule has 3 rings (SSSR count). The predicted octanol–water partition coefficient (Wildman–Crippen LogP) is 2.20. The Morgan fingerprint density at radius 1 is 1.50 bits per heavy atom. The highest BCUT2D eigenvalue weighted by Crippen LogP contribution is 2.22. The summed E-state index contributed by atoms with van der Waals surface area (Å²) in [5.74, 6) is 1.34. The zero-order valence-corrected chi connectivity index (χ0v) is 13.1. The van der Waals surface area contributed by atoms with E-state index in [1.165, 1.54) is 9.28 Å². The number of aromatic nitrogens is 4. The monoisotopic (exact) mass is 353 g/mol. The second-order valence-electron chi connectivity index (χ2n) is 4.29. The summed E-state index contributed by atoms with van der Waals surface area (Å²) in [6, 6.07) is 5.91. The van der Waals surface area contributed by atoms with Gasteiger partial charge in [-0.15, -0.1) is 11.3 Å². The molecule has 0 saturated heterocycles. The van der Waals surface area contributed by atoms with Crippen LogP contribution in [0, 0.1) is 6.92 Å². The second-order valence-corrected chi connectivity index (χ2v) is 6.84. The average molecular weight is 354 g/mol. The zero-order chi connectivity index (χ0) is 14.1. The Morgan fingerprint density at radius 3 is 3.10 bits per heavy atom. The van der Waals surface area contributed by atoms with Crippen molar-refractivity contribution in [3.63, 3.8) is 0 Å². The van der Waals surface area contributed by atoms with Gasteiger partial charge in [-0.05, 0) is 41.4 Å². The maximum atomic E-state index is 11.5. The lowest BCUT2D eigenvalue weighted by Gasteiger charge is -2.06. The van der Waals surface area contributed by atoms with Crippen LogP contribution in [-0.2, 0) is 6.42 Å². The lowest BCUT2D eigenvalue weighted by molar-refractivity contribution is 0.927. The molecule has 0 aliphatic rings. The third kappa shape index (κ3) is 2.61. The van der Waals surface area contributed by atoms with Gasteiger partial charge in [-0.3, -0.25) is 0 Å². The molecule has 3 heterocycles. The number of H-pyrrole nitrogens is 1. The minimum absolute atomic E-state index is 0.264. The van der Waals surface area contributed by atoms with Gasteiger partial charge in [-0.25, -0.2) is 19.3 Å². The molecule has 0 aromatic carbocycles. The molecule has 0 saturated carbocycles. The number of hydrogen-bond donors (Lipinski definition) is 2. The standard InChI is InChI=1S/C12H12BrN5OS/c1-7-15-10(6-11-16-17-12(19)18(7)11)14-5-4-8-2-3-9(13)20-8/h2-3,6,14H,4-5H2,1H3,(H,17,19). The molecule has 2 N–H and O–H groups in total. The van der Waals surface area contributed by atoms with Gasteiger partial charge in [0.15, 0.2) is 5.65 Å². The van der Waals surface area contributed by atoms with Crippen LogP contribution in [0.2, 0.25) is 0 Å². The van der Waals surface area contributed by atoms with E-state index in [-0.39, 0.29) is 5.69 Å². The van der Waals surface area contributed by atoms with Crippen molar-refractivity contribution in [2.75, 3.05) is 11.9 Å². The highest BCUT2D eigenvalue weighted by molar-refractivity contribution is 9.11. The van der Waals surface area contributed by atoms with Crippen molar-refractivity contribution in [2.45, 2.75) is 13.3 Å². The number of halogens is 1. The summed E-state index contributed by atoms with van der Waals surface area (Å²) in [6.07, 6.45) is 0.926. The third-order valence-electron chi connectivity index (χ3n) is 2.88. The molecule has 8 heteroatoms. The van der Waals surface area contributed by atoms with E-state index in [2.05, 4.69) is 42.5 Å². The number of rotatable bonds is 4. The maximum absolute atomic E-state index is 11.5. The van der Waals surface area contributed by atoms with Crippen molar-refractivity contribution < 1.29 is 0 Å². The van der Waals surface area contributed by atoms with E-state index in [0.29, 0.717) is 11.5 Å². The first-order valence-corrected chi connectivity index (χ1v) is 7.67. The Balaban J connectivity index is 1.73. The van der Waals surface area contributed by atoms with Crippen LogP contribution in [0.4, 0.5) is 5.82 Å². The summed E-state index contributed by atoms with van der Waals surface area (Å²) in [5.41, 5.74) is 0.309. The summed E-state index contributed by atoms with van der Waals surface area (Å²) in [7, 11) is 0. The molecule has 104 valence electrons. The first-order valence-electron chi connectivity index (χ1n) is 6.06. The van der Waals surface area contributed by atoms with Crippen LogP contribution in [0.15, 0.2) is 26.8 Å². The van der Waals surface area contributed by atoms with Crippen LogP contribution in [0.1, 0.15) is 10.7 Å². The van der Waals surface area contributed by atoms with E-state index in [4.69, 9.17) is 0 Å². The molecule has 0 spiro atoms. The quantitative estimate of drug-likeness (QED) is 0.753. The Kier molecular flexibility index (Phi) is 3.58. The highest BCUT2D eigenvalue weighted by atomic mass is 79.9. The van der Waals surface area contributed by atoms with E-state index >= 15 is 0 Å². The molecule has 0 unspecified atom stereocenters. The van der Waals surface area contributed by atoms with Crippen molar-refractivity contribution in [2.24, 2.45) is 0 Å². The fourth-order valence-corrected chi connectivity index (χ4v) is 3.47. The minimum atomic E-state index is -0.264. The normalized spacial score (nSPS) is 11.1. The molecule has 6 nitrogen and oxygen atoms in total. The smallest absolute Gasteiger partial charge is 0.349 e. The first kappa shape index (κ1) is 13.3. The van der Waals surface area contributed by atoms with Gasteiger partial charge in [0.1, 0.15) is 11.6 Å². The summed E-state index contributed by atoms with van der Waals surface area (Å²) >= 11 is 5.18. The van der Waals surface area contributed by atoms with E-state index in [1.54, 1.807) is 24.3 Å². The summed E-state index contributed by atoms with van der Waals surface area (Å²) in [4.78, 5) is 17.2. The molecular formula is C12H12BrN5OS. The largest absolute Gasteiger partial charge is 0.370 e. The van der Waals surface area contributed by atoms with Crippen LogP contribution < -0.4 is 11.0 Å². The van der Waals surface area contributed by atoms with Crippen molar-refractivity contribution >= 4 is 38.7 Å². The lowest BCUT2D eigenvalue weighted by atomic mass is 10.3. The third-order valence-corrected chi connectivity index (χ3v) is 4.56. The van der Waals surface area contributed by atoms with Gasteiger partial charge in [-0.2, -0.15) is 5.10 Å². The maximum Gasteiger partial charge on any atom is 0.349 e. The van der Waals surface area contributed by atoms with Gasteiger partial charge in [0, 0.05) is 17.5 Å². The van der Waals surface area contributed by atoms with Crippen LogP contribution in [-0.4, -0.2) is 26.1 Å². The van der Waals surface area contributed by atoms with E-state index in [0.717, 1.165) is 22.6 Å². The van der Waals surface area contributed by atoms with Crippen molar-refractivity contribution in [3.8, 4) is 0 Å². The van der Waals surface area contributed by atoms with Gasteiger partial charge in [0.2, 0.25) is 0 Å². The van der Waals surface area contributed by atoms with Gasteiger partial charge in [0.05, 0.1) is 3.79 Å². The Hall–Kier alpha value is -1.67. The van der Waals surface area contributed by atoms with Crippen molar-refractivity contribution in [1.29, 1.82) is 0 Å². The van der Waals surface area contributed by atoms with Crippen LogP contribution in [0.5, 0.6) is 0 Å². The van der Waals surface area contributed by atoms with Crippen LogP contribution in [0.3, 0.4) is 0 Å². The van der Waals surface area contributed by atoms with E-state index < -0.39 is 0 Å². The fraction of sp³-hybridized carbons (Fsp3) is 0.250. The Morgan fingerprint density at radius 2 is 2.35 bits per heavy atom. The number of nitrogens with one attached hydrogen (secondary N) is 2. The molecule has 0 fully saturated rings. The summed E-state index contributed by atoms with van der Waals surface area (Å²) < 4.78 is 2.58. The van der Waals surface area contributed by atoms with Gasteiger partial charge >= 0.3 is 5.69 Å². The number of anilines is 1. The van der Waals surface area contributed by atoms with Gasteiger partial charge in [-0.1, -0.05) is 0 Å². The molecule has 0 aliphatic carbocycles. The topological polar surface area (TPSA) is 75.1 Å². The fourth-order valence-electron chi connectivity index (χ4n) is 1.99. The zero-order valence-electron chi connectivity index (χ0n) is 10.7. The molecule has 0 radical (unpaired) electrons. The number of aryl methyl sites for hydroxylation is 1. The number of hydrogen-bond acceptors (Lipinski definition) is 5. The number of nitrogens with zero attached hydrogens (tertiary/aromatic N) is 3. The molecule has 3 aromatic rings. The van der Waals surface area contributed by atoms with Crippen molar-refractivity contribution in [3.05, 3.63) is 43.2 Å². The van der Waals surface area contributed by atoms with E-state index in [9.17, 15) is 4.79 Å². The highest BCUT2D eigenvalue weighted by Gasteiger charge is 2.06. The number of thiophene rings is 1. The summed E-state index contributed by atoms with van der Waals surface area (Å²) in [5, 5.41) is 9.62. The SMILES string of the molecule is Cc1nc(NCCc2ccc(Br)s2)cc2n[nH]c(=O)n12. The van der Waals surface area contributed by atoms with Gasteiger partial charge in [0.25, 0.3) is 0 Å². The molecule has 0 bridgehead atoms. The first-order chi connectivity index (χ1) is 9.63. The Bertz CT molecular complexity index is 806. The average Bonchev–Trinajstić information content (AvgIpc) is 2.97. The minimum Gasteiger partial charge on any atom is -0.370 e. The van der Waals surface area contributed by atoms with E-state index in [1.807, 2.05) is 6.07 Å². The molecule has 20 heavy (non-hydrogen) atoms. The molecular weight excluding hydrogens is 342 g/mol. The summed E-state index contributed by atoms with van der Waals surface area (Å²) in [6.45, 7) is 2.57. The van der Waals surface area contributed by atoms with Crippen LogP contribution >= 0.6 is 27.3 Å². The van der Waals surface area contributed by atoms with Crippen LogP contribution in [0.25, 0.3) is 5.65 Å².